The Kier molecular flexibility index (Phi) is 7.84. The monoisotopic (exact) mass is 403 g/mol. The zero-order valence-electron chi connectivity index (χ0n) is 17.4. The summed E-state index contributed by atoms with van der Waals surface area (Å²) in [4.78, 5) is 25.9. The minimum Gasteiger partial charge on any atom is -0.497 e. The summed E-state index contributed by atoms with van der Waals surface area (Å²) >= 11 is 0. The molecule has 0 spiro atoms. The molecule has 7 nitrogen and oxygen atoms in total. The molecule has 1 aromatic carbocycles. The van der Waals surface area contributed by atoms with Crippen molar-refractivity contribution in [2.45, 2.75) is 26.7 Å². The maximum absolute atomic E-state index is 13.0. The average Bonchev–Trinajstić information content (AvgIpc) is 3.02. The molecule has 0 saturated heterocycles. The van der Waals surface area contributed by atoms with Crippen LogP contribution in [0, 0.1) is 5.41 Å². The number of fused-ring (bicyclic) bond motifs is 1. The molecule has 0 aliphatic rings. The predicted octanol–water partition coefficient (Wildman–Crippen LogP) is 2.78. The Bertz CT molecular complexity index is 865. The molecule has 0 fully saturated rings. The van der Waals surface area contributed by atoms with E-state index in [-0.39, 0.29) is 32.7 Å². The van der Waals surface area contributed by atoms with Gasteiger partial charge in [0.25, 0.3) is 0 Å². The second-order valence-electron chi connectivity index (χ2n) is 6.68. The van der Waals surface area contributed by atoms with Crippen molar-refractivity contribution in [2.75, 3.05) is 26.9 Å². The van der Waals surface area contributed by atoms with Gasteiger partial charge >= 0.3 is 11.9 Å². The summed E-state index contributed by atoms with van der Waals surface area (Å²) in [5, 5.41) is 10.0. The molecule has 0 bridgehead atoms. The topological polar surface area (TPSA) is 87.0 Å². The summed E-state index contributed by atoms with van der Waals surface area (Å²) in [5.41, 5.74) is 0.198. The SMILES string of the molecule is CCOC(=O)C(C/C=C\CO)(Cc1cc2cc(OC)ccc2n1C)C(=O)OCC. The number of ether oxygens (including phenoxy) is 3. The molecule has 7 heteroatoms. The number of rotatable bonds is 10. The zero-order chi connectivity index (χ0) is 21.4. The van der Waals surface area contributed by atoms with Crippen LogP contribution in [0.4, 0.5) is 0 Å². The number of aromatic nitrogens is 1. The molecule has 0 aliphatic heterocycles. The molecule has 0 atom stereocenters. The predicted molar refractivity (Wildman–Crippen MR) is 110 cm³/mol. The number of aliphatic hydroxyl groups excluding tert-OH is 1. The van der Waals surface area contributed by atoms with Crippen molar-refractivity contribution < 1.29 is 28.9 Å². The van der Waals surface area contributed by atoms with Crippen molar-refractivity contribution in [3.8, 4) is 5.75 Å². The van der Waals surface area contributed by atoms with Gasteiger partial charge in [0.1, 0.15) is 5.75 Å². The first-order chi connectivity index (χ1) is 13.9. The minimum absolute atomic E-state index is 0.0655. The van der Waals surface area contributed by atoms with Crippen LogP contribution in [0.5, 0.6) is 5.75 Å². The first-order valence-electron chi connectivity index (χ1n) is 9.66. The summed E-state index contributed by atoms with van der Waals surface area (Å²) in [6, 6.07) is 7.63. The van der Waals surface area contributed by atoms with Crippen LogP contribution in [0.25, 0.3) is 10.9 Å². The lowest BCUT2D eigenvalue weighted by atomic mass is 9.79. The van der Waals surface area contributed by atoms with Gasteiger partial charge in [-0.05, 0) is 44.5 Å². The normalized spacial score (nSPS) is 11.8. The van der Waals surface area contributed by atoms with Gasteiger partial charge in [-0.1, -0.05) is 12.2 Å². The van der Waals surface area contributed by atoms with Crippen molar-refractivity contribution in [3.05, 3.63) is 42.1 Å². The van der Waals surface area contributed by atoms with E-state index in [2.05, 4.69) is 0 Å². The molecule has 2 rings (SSSR count). The minimum atomic E-state index is -1.54. The third-order valence-electron chi connectivity index (χ3n) is 4.90. The Morgan fingerprint density at radius 2 is 1.76 bits per heavy atom. The molecular weight excluding hydrogens is 374 g/mol. The summed E-state index contributed by atoms with van der Waals surface area (Å²) < 4.78 is 17.8. The summed E-state index contributed by atoms with van der Waals surface area (Å²) in [5.74, 6) is -0.546. The standard InChI is InChI=1S/C22H29NO6/c1-5-28-20(25)22(11-7-8-12-24,21(26)29-6-2)15-17-13-16-14-18(27-4)9-10-19(16)23(17)3/h7-10,13-14,24H,5-6,11-12,15H2,1-4H3/b8-7-. The molecule has 0 radical (unpaired) electrons. The highest BCUT2D eigenvalue weighted by molar-refractivity contribution is 6.00. The highest BCUT2D eigenvalue weighted by Crippen LogP contribution is 2.34. The van der Waals surface area contributed by atoms with Crippen LogP contribution in [0.1, 0.15) is 26.0 Å². The number of methoxy groups -OCH3 is 1. The lowest BCUT2D eigenvalue weighted by Gasteiger charge is -2.28. The number of aliphatic hydroxyl groups is 1. The van der Waals surface area contributed by atoms with Crippen molar-refractivity contribution in [1.82, 2.24) is 4.57 Å². The van der Waals surface area contributed by atoms with Crippen LogP contribution in [0.2, 0.25) is 0 Å². The second kappa shape index (κ2) is 10.1. The zero-order valence-corrected chi connectivity index (χ0v) is 17.4. The molecule has 29 heavy (non-hydrogen) atoms. The fraction of sp³-hybridized carbons (Fsp3) is 0.455. The van der Waals surface area contributed by atoms with Crippen molar-refractivity contribution >= 4 is 22.8 Å². The van der Waals surface area contributed by atoms with E-state index >= 15 is 0 Å². The molecule has 158 valence electrons. The highest BCUT2D eigenvalue weighted by Gasteiger charge is 2.48. The second-order valence-corrected chi connectivity index (χ2v) is 6.68. The van der Waals surface area contributed by atoms with Gasteiger partial charge in [-0.2, -0.15) is 0 Å². The van der Waals surface area contributed by atoms with Gasteiger partial charge in [-0.25, -0.2) is 0 Å². The lowest BCUT2D eigenvalue weighted by Crippen LogP contribution is -2.44. The molecule has 0 aliphatic carbocycles. The number of aryl methyl sites for hydroxylation is 1. The summed E-state index contributed by atoms with van der Waals surface area (Å²) in [6.07, 6.45) is 3.28. The van der Waals surface area contributed by atoms with Crippen LogP contribution < -0.4 is 4.74 Å². The van der Waals surface area contributed by atoms with Gasteiger partial charge in [0.05, 0.1) is 26.9 Å². The Labute approximate surface area is 170 Å². The molecule has 0 unspecified atom stereocenters. The number of nitrogens with zero attached hydrogens (tertiary/aromatic N) is 1. The van der Waals surface area contributed by atoms with Crippen LogP contribution in [-0.4, -0.2) is 48.5 Å². The van der Waals surface area contributed by atoms with Crippen molar-refractivity contribution in [1.29, 1.82) is 0 Å². The maximum Gasteiger partial charge on any atom is 0.324 e. The van der Waals surface area contributed by atoms with Gasteiger partial charge in [0.2, 0.25) is 0 Å². The van der Waals surface area contributed by atoms with Gasteiger partial charge in [0.15, 0.2) is 5.41 Å². The molecule has 0 amide bonds. The molecule has 1 heterocycles. The van der Waals surface area contributed by atoms with E-state index in [0.717, 1.165) is 22.3 Å². The molecular formula is C22H29NO6. The van der Waals surface area contributed by atoms with E-state index in [4.69, 9.17) is 19.3 Å². The van der Waals surface area contributed by atoms with E-state index in [9.17, 15) is 9.59 Å². The fourth-order valence-electron chi connectivity index (χ4n) is 3.35. The third kappa shape index (κ3) is 4.79. The summed E-state index contributed by atoms with van der Waals surface area (Å²) in [7, 11) is 3.49. The van der Waals surface area contributed by atoms with Gasteiger partial charge < -0.3 is 23.9 Å². The Hall–Kier alpha value is -2.80. The average molecular weight is 403 g/mol. The number of hydrogen-bond acceptors (Lipinski definition) is 6. The quantitative estimate of drug-likeness (QED) is 0.373. The van der Waals surface area contributed by atoms with E-state index in [1.807, 2.05) is 35.9 Å². The highest BCUT2D eigenvalue weighted by atomic mass is 16.6. The first-order valence-corrected chi connectivity index (χ1v) is 9.66. The molecule has 1 aromatic heterocycles. The molecule has 0 saturated carbocycles. The molecule has 1 N–H and O–H groups in total. The van der Waals surface area contributed by atoms with E-state index < -0.39 is 17.4 Å². The van der Waals surface area contributed by atoms with Gasteiger partial charge in [-0.15, -0.1) is 0 Å². The first kappa shape index (κ1) is 22.5. The summed E-state index contributed by atoms with van der Waals surface area (Å²) in [6.45, 7) is 3.50. The Morgan fingerprint density at radius 3 is 2.31 bits per heavy atom. The number of carbonyl (C=O) groups excluding carboxylic acids is 2. The smallest absolute Gasteiger partial charge is 0.324 e. The number of carbonyl (C=O) groups is 2. The maximum atomic E-state index is 13.0. The van der Waals surface area contributed by atoms with E-state index in [1.54, 1.807) is 27.0 Å². The van der Waals surface area contributed by atoms with Crippen molar-refractivity contribution in [3.63, 3.8) is 0 Å². The van der Waals surface area contributed by atoms with E-state index in [0.29, 0.717) is 0 Å². The molecule has 2 aromatic rings. The third-order valence-corrected chi connectivity index (χ3v) is 4.90. The number of allylic oxidation sites excluding steroid dienone is 1. The fourth-order valence-corrected chi connectivity index (χ4v) is 3.35. The van der Waals surface area contributed by atoms with E-state index in [1.165, 1.54) is 6.08 Å². The Balaban J connectivity index is 2.56. The van der Waals surface area contributed by atoms with Gasteiger partial charge in [-0.3, -0.25) is 9.59 Å². The lowest BCUT2D eigenvalue weighted by molar-refractivity contribution is -0.172. The van der Waals surface area contributed by atoms with Gasteiger partial charge in [0, 0.05) is 30.1 Å². The largest absolute Gasteiger partial charge is 0.497 e. The van der Waals surface area contributed by atoms with Crippen LogP contribution in [0.15, 0.2) is 36.4 Å². The Morgan fingerprint density at radius 1 is 1.10 bits per heavy atom. The van der Waals surface area contributed by atoms with Crippen molar-refractivity contribution in [2.24, 2.45) is 12.5 Å². The van der Waals surface area contributed by atoms with Crippen LogP contribution in [-0.2, 0) is 32.5 Å². The van der Waals surface area contributed by atoms with Crippen LogP contribution >= 0.6 is 0 Å². The number of esters is 2. The van der Waals surface area contributed by atoms with Crippen LogP contribution in [0.3, 0.4) is 0 Å². The number of benzene rings is 1. The number of hydrogen-bond donors (Lipinski definition) is 1.